The zero-order valence-corrected chi connectivity index (χ0v) is 57.2. The van der Waals surface area contributed by atoms with Gasteiger partial charge in [0.15, 0.2) is 0 Å². The third kappa shape index (κ3) is 11.6. The highest BCUT2D eigenvalue weighted by Crippen LogP contribution is 2.44. The maximum atomic E-state index is 9.41. The van der Waals surface area contributed by atoms with Crippen LogP contribution in [-0.4, -0.2) is 37.1 Å². The molecule has 16 aromatic carbocycles. The van der Waals surface area contributed by atoms with Crippen molar-refractivity contribution in [3.63, 3.8) is 0 Å². The van der Waals surface area contributed by atoms with E-state index in [0.29, 0.717) is 10.5 Å². The Morgan fingerprint density at radius 3 is 1.02 bits per heavy atom. The molecule has 6 nitrogen and oxygen atoms in total. The Hall–Kier alpha value is -12.0. The third-order valence-electron chi connectivity index (χ3n) is 19.4. The van der Waals surface area contributed by atoms with Crippen LogP contribution in [0, 0.1) is 0 Å². The molecule has 4 aromatic heterocycles. The monoisotopic (exact) mass is 1360 g/mol. The van der Waals surface area contributed by atoms with Crippen molar-refractivity contribution >= 4 is 152 Å². The summed E-state index contributed by atoms with van der Waals surface area (Å²) < 4.78 is 5.29. The van der Waals surface area contributed by atoms with Crippen LogP contribution in [0.5, 0.6) is 0 Å². The molecule has 0 aliphatic heterocycles. The molecule has 0 atom stereocenters. The average molecular weight is 1360 g/mol. The molecule has 20 rings (SSSR count). The van der Waals surface area contributed by atoms with Crippen molar-refractivity contribution in [1.29, 1.82) is 0 Å². The summed E-state index contributed by atoms with van der Waals surface area (Å²) in [5.41, 5.74) is 19.6. The van der Waals surface area contributed by atoms with E-state index in [9.17, 15) is 10.0 Å². The lowest BCUT2D eigenvalue weighted by Crippen LogP contribution is -2.29. The van der Waals surface area contributed by atoms with E-state index < -0.39 is 7.12 Å². The highest BCUT2D eigenvalue weighted by molar-refractivity contribution is 7.26. The highest BCUT2D eigenvalue weighted by atomic mass is 35.5. The summed E-state index contributed by atoms with van der Waals surface area (Å²) in [7, 11) is -1.45. The van der Waals surface area contributed by atoms with Crippen LogP contribution in [0.3, 0.4) is 0 Å². The molecule has 480 valence electrons. The lowest BCUT2D eigenvalue weighted by Gasteiger charge is -2.11. The average Bonchev–Trinajstić information content (AvgIpc) is 1.77. The van der Waals surface area contributed by atoms with E-state index in [1.807, 2.05) is 89.7 Å². The maximum absolute atomic E-state index is 9.41. The van der Waals surface area contributed by atoms with Crippen molar-refractivity contribution in [2.45, 2.75) is 0 Å². The molecule has 0 saturated carbocycles. The van der Waals surface area contributed by atoms with Gasteiger partial charge >= 0.3 is 7.12 Å². The quantitative estimate of drug-likeness (QED) is 0.116. The molecule has 4 heterocycles. The lowest BCUT2D eigenvalue weighted by molar-refractivity contribution is 0.426. The molecule has 2 N–H and O–H groups in total. The first-order chi connectivity index (χ1) is 50.3. The fourth-order valence-electron chi connectivity index (χ4n) is 14.4. The topological polar surface area (TPSA) is 92.0 Å². The number of rotatable bonds is 8. The molecule has 102 heavy (non-hydrogen) atoms. The number of fused-ring (bicyclic) bond motifs is 18. The van der Waals surface area contributed by atoms with Crippen molar-refractivity contribution in [2.75, 3.05) is 0 Å². The molecule has 0 fully saturated rings. The molecule has 0 radical (unpaired) electrons. The minimum absolute atomic E-state index is 0.497. The van der Waals surface area contributed by atoms with Gasteiger partial charge in [0.25, 0.3) is 0 Å². The molecule has 0 aliphatic rings. The lowest BCUT2D eigenvalue weighted by atomic mass is 9.79. The summed E-state index contributed by atoms with van der Waals surface area (Å²) in [6, 6.07) is 114. The van der Waals surface area contributed by atoms with Crippen molar-refractivity contribution in [3.8, 4) is 78.1 Å². The van der Waals surface area contributed by atoms with E-state index in [4.69, 9.17) is 31.5 Å². The first kappa shape index (κ1) is 62.2. The molecule has 0 aliphatic carbocycles. The van der Waals surface area contributed by atoms with Crippen molar-refractivity contribution in [2.24, 2.45) is 0 Å². The number of halogens is 1. The second-order valence-corrected chi connectivity index (χ2v) is 28.0. The zero-order valence-electron chi connectivity index (χ0n) is 54.8. The van der Waals surface area contributed by atoms with Crippen LogP contribution in [-0.2, 0) is 0 Å². The minimum Gasteiger partial charge on any atom is -0.423 e. The number of thiophene rings is 2. The second kappa shape index (κ2) is 26.6. The molecular formula is C92H58BClN4O2S2. The summed E-state index contributed by atoms with van der Waals surface area (Å²) in [5, 5.41) is 34.1. The smallest absolute Gasteiger partial charge is 0.423 e. The summed E-state index contributed by atoms with van der Waals surface area (Å²) in [6.45, 7) is 0. The molecule has 20 aromatic rings. The SMILES string of the molecule is Clc1cccc(-c2cnc3c4ccccc4c4ccccc4c3n2)c1.OB(O)c1cccc(-c2ccc(-c3cccc4c3sc3ccccc34)cc2)c1.c1cc(-c2ccc(-c3cccc4c3sc3ccccc34)cc2)cc(-c2cccc(-c3cnc4c5ccccc5c5ccccc5c4n3)c2)c1. The van der Waals surface area contributed by atoms with E-state index in [0.717, 1.165) is 82.8 Å². The van der Waals surface area contributed by atoms with E-state index >= 15 is 0 Å². The Labute approximate surface area is 601 Å². The highest BCUT2D eigenvalue weighted by Gasteiger charge is 2.18. The molecule has 0 unspecified atom stereocenters. The van der Waals surface area contributed by atoms with Gasteiger partial charge in [-0.1, -0.05) is 303 Å². The normalized spacial score (nSPS) is 11.5. The minimum atomic E-state index is -1.45. The summed E-state index contributed by atoms with van der Waals surface area (Å²) in [5.74, 6) is 0. The zero-order chi connectivity index (χ0) is 68.2. The van der Waals surface area contributed by atoms with Crippen molar-refractivity contribution in [1.82, 2.24) is 19.9 Å². The number of benzene rings is 16. The Kier molecular flexibility index (Phi) is 16.2. The molecule has 0 saturated heterocycles. The summed E-state index contributed by atoms with van der Waals surface area (Å²) >= 11 is 9.85. The van der Waals surface area contributed by atoms with Crippen LogP contribution in [0.1, 0.15) is 0 Å². The van der Waals surface area contributed by atoms with Gasteiger partial charge in [0.2, 0.25) is 0 Å². The summed E-state index contributed by atoms with van der Waals surface area (Å²) in [6.07, 6.45) is 3.75. The molecule has 0 bridgehead atoms. The van der Waals surface area contributed by atoms with E-state index in [-0.39, 0.29) is 0 Å². The number of hydrogen-bond donors (Lipinski definition) is 2. The van der Waals surface area contributed by atoms with Gasteiger partial charge in [-0.15, -0.1) is 22.7 Å². The van der Waals surface area contributed by atoms with Crippen LogP contribution < -0.4 is 5.46 Å². The van der Waals surface area contributed by atoms with Crippen LogP contribution in [0.2, 0.25) is 5.02 Å². The van der Waals surface area contributed by atoms with Gasteiger partial charge < -0.3 is 10.0 Å². The number of aromatic nitrogens is 4. The van der Waals surface area contributed by atoms with Crippen LogP contribution in [0.15, 0.2) is 340 Å². The second-order valence-electron chi connectivity index (χ2n) is 25.5. The van der Waals surface area contributed by atoms with Gasteiger partial charge in [0, 0.05) is 78.0 Å². The Morgan fingerprint density at radius 1 is 0.255 bits per heavy atom. The molecule has 10 heteroatoms. The van der Waals surface area contributed by atoms with Gasteiger partial charge in [-0.2, -0.15) is 0 Å². The van der Waals surface area contributed by atoms with E-state index in [1.54, 1.807) is 6.07 Å². The van der Waals surface area contributed by atoms with E-state index in [2.05, 4.69) is 267 Å². The Balaban J connectivity index is 0.000000119. The van der Waals surface area contributed by atoms with Crippen LogP contribution >= 0.6 is 34.3 Å². The fourth-order valence-corrected chi connectivity index (χ4v) is 17.1. The van der Waals surface area contributed by atoms with Crippen molar-refractivity contribution in [3.05, 3.63) is 345 Å². The number of hydrogen-bond acceptors (Lipinski definition) is 8. The Bertz CT molecular complexity index is 6580. The largest absolute Gasteiger partial charge is 0.488 e. The molecular weight excluding hydrogens is 1300 g/mol. The van der Waals surface area contributed by atoms with Crippen LogP contribution in [0.25, 0.3) is 184 Å². The number of nitrogens with zero attached hydrogens (tertiary/aromatic N) is 4. The van der Waals surface area contributed by atoms with Gasteiger partial charge in [-0.3, -0.25) is 9.97 Å². The first-order valence-electron chi connectivity index (χ1n) is 33.9. The van der Waals surface area contributed by atoms with Gasteiger partial charge in [0.05, 0.1) is 45.8 Å². The predicted octanol–water partition coefficient (Wildman–Crippen LogP) is 24.3. The van der Waals surface area contributed by atoms with Gasteiger partial charge in [-0.25, -0.2) is 9.97 Å². The predicted molar refractivity (Wildman–Crippen MR) is 434 cm³/mol. The Morgan fingerprint density at radius 2 is 0.578 bits per heavy atom. The fraction of sp³-hybridized carbons (Fsp3) is 0. The maximum Gasteiger partial charge on any atom is 0.488 e. The molecule has 0 spiro atoms. The standard InChI is InChI=1S/C46H28N2S.C24H17BO2S.C22H13ClN2/c1-3-17-39-36(14-1)37-15-2-4-18-40(37)45-44(39)47-28-42(48-45)34-13-8-12-33(27-34)32-11-7-10-31(26-32)29-22-24-30(25-23-29)35-19-9-20-41-38-16-5-6-21-43(38)49-46(35)41;26-25(27)19-6-3-5-18(15-19)16-11-13-17(14-12-16)20-8-4-9-22-21-7-1-2-10-23(21)28-24(20)22;23-15-7-5-6-14(12-15)20-13-24-21-18-10-3-1-8-16(18)17-9-2-4-11-19(17)22(21)25-20/h1-28H;1-15,26-27H;1-13H. The first-order valence-corrected chi connectivity index (χ1v) is 35.9. The van der Waals surface area contributed by atoms with Crippen molar-refractivity contribution < 1.29 is 10.0 Å². The summed E-state index contributed by atoms with van der Waals surface area (Å²) in [4.78, 5) is 19.9. The van der Waals surface area contributed by atoms with E-state index in [1.165, 1.54) is 101 Å². The molecule has 0 amide bonds. The van der Waals surface area contributed by atoms with Crippen LogP contribution in [0.4, 0.5) is 0 Å². The van der Waals surface area contributed by atoms with Gasteiger partial charge in [-0.05, 0) is 119 Å². The van der Waals surface area contributed by atoms with Gasteiger partial charge in [0.1, 0.15) is 0 Å². The third-order valence-corrected chi connectivity index (χ3v) is 22.1.